The van der Waals surface area contributed by atoms with Crippen molar-refractivity contribution in [2.45, 2.75) is 44.8 Å². The van der Waals surface area contributed by atoms with Gasteiger partial charge in [0.2, 0.25) is 11.1 Å². The quantitative estimate of drug-likeness (QED) is 0.409. The van der Waals surface area contributed by atoms with Crippen molar-refractivity contribution in [2.75, 3.05) is 17.7 Å². The standard InChI is InChI=1S/C19H23ClN4O2S/c1-4-6-10-27-19-22-18-21-12(3)15(17(25)26-5-2)16(24(18)23-19)13-8-7-9-14(20)11-13/h7-9,11,16H,4-6,10H2,1-3H3,(H,21,22,23). The van der Waals surface area contributed by atoms with Gasteiger partial charge in [0.05, 0.1) is 12.2 Å². The van der Waals surface area contributed by atoms with Gasteiger partial charge >= 0.3 is 5.97 Å². The van der Waals surface area contributed by atoms with Gasteiger partial charge in [-0.25, -0.2) is 9.48 Å². The Morgan fingerprint density at radius 1 is 1.41 bits per heavy atom. The van der Waals surface area contributed by atoms with Gasteiger partial charge in [-0.15, -0.1) is 5.10 Å². The summed E-state index contributed by atoms with van der Waals surface area (Å²) in [5.74, 6) is 1.21. The molecule has 2 heterocycles. The van der Waals surface area contributed by atoms with E-state index in [9.17, 15) is 4.79 Å². The van der Waals surface area contributed by atoms with E-state index in [1.54, 1.807) is 29.4 Å². The number of aromatic nitrogens is 3. The summed E-state index contributed by atoms with van der Waals surface area (Å²) in [5.41, 5.74) is 2.09. The van der Waals surface area contributed by atoms with Crippen LogP contribution in [0.3, 0.4) is 0 Å². The molecule has 6 nitrogen and oxygen atoms in total. The van der Waals surface area contributed by atoms with Crippen LogP contribution in [0.2, 0.25) is 5.02 Å². The highest BCUT2D eigenvalue weighted by molar-refractivity contribution is 7.99. The molecule has 0 aliphatic carbocycles. The van der Waals surface area contributed by atoms with Crippen molar-refractivity contribution >= 4 is 35.3 Å². The fraction of sp³-hybridized carbons (Fsp3) is 0.421. The smallest absolute Gasteiger partial charge is 0.338 e. The highest BCUT2D eigenvalue weighted by Gasteiger charge is 2.35. The zero-order chi connectivity index (χ0) is 19.4. The van der Waals surface area contributed by atoms with Crippen molar-refractivity contribution in [1.29, 1.82) is 0 Å². The number of anilines is 1. The van der Waals surface area contributed by atoms with Crippen LogP contribution in [0.5, 0.6) is 0 Å². The number of fused-ring (bicyclic) bond motifs is 1. The van der Waals surface area contributed by atoms with E-state index in [2.05, 4.69) is 22.3 Å². The molecular weight excluding hydrogens is 384 g/mol. The topological polar surface area (TPSA) is 69.0 Å². The van der Waals surface area contributed by atoms with Gasteiger partial charge in [-0.05, 0) is 38.0 Å². The minimum atomic E-state index is -0.438. The van der Waals surface area contributed by atoms with E-state index >= 15 is 0 Å². The second-order valence-corrected chi connectivity index (χ2v) is 7.70. The van der Waals surface area contributed by atoms with Gasteiger partial charge in [0.1, 0.15) is 6.04 Å². The molecule has 1 aromatic heterocycles. The molecule has 1 atom stereocenters. The number of nitrogens with zero attached hydrogens (tertiary/aromatic N) is 3. The van der Waals surface area contributed by atoms with Gasteiger partial charge in [0.25, 0.3) is 0 Å². The number of nitrogens with one attached hydrogen (secondary N) is 1. The van der Waals surface area contributed by atoms with Gasteiger partial charge in [-0.1, -0.05) is 48.8 Å². The Hall–Kier alpha value is -1.99. The summed E-state index contributed by atoms with van der Waals surface area (Å²) >= 11 is 7.82. The molecule has 0 amide bonds. The Balaban J connectivity index is 2.04. The number of benzene rings is 1. The van der Waals surface area contributed by atoms with Crippen molar-refractivity contribution in [1.82, 2.24) is 14.8 Å². The molecule has 0 radical (unpaired) electrons. The third kappa shape index (κ3) is 4.30. The van der Waals surface area contributed by atoms with Crippen molar-refractivity contribution in [3.63, 3.8) is 0 Å². The van der Waals surface area contributed by atoms with Crippen LogP contribution >= 0.6 is 23.4 Å². The summed E-state index contributed by atoms with van der Waals surface area (Å²) in [6.45, 7) is 6.11. The number of allylic oxidation sites excluding steroid dienone is 1. The van der Waals surface area contributed by atoms with Crippen molar-refractivity contribution in [3.8, 4) is 0 Å². The van der Waals surface area contributed by atoms with Crippen LogP contribution in [0.1, 0.15) is 45.2 Å². The first kappa shape index (κ1) is 19.8. The Morgan fingerprint density at radius 3 is 2.93 bits per heavy atom. The number of esters is 1. The number of unbranched alkanes of at least 4 members (excludes halogenated alkanes) is 1. The van der Waals surface area contributed by atoms with E-state index in [1.807, 2.05) is 25.1 Å². The van der Waals surface area contributed by atoms with Crippen LogP contribution in [-0.2, 0) is 9.53 Å². The molecule has 2 aromatic rings. The molecule has 0 saturated carbocycles. The van der Waals surface area contributed by atoms with E-state index in [0.29, 0.717) is 34.0 Å². The number of thioether (sulfide) groups is 1. The summed E-state index contributed by atoms with van der Waals surface area (Å²) in [6, 6.07) is 7.02. The zero-order valence-electron chi connectivity index (χ0n) is 15.7. The van der Waals surface area contributed by atoms with Gasteiger partial charge in [0, 0.05) is 16.5 Å². The molecule has 1 unspecified atom stereocenters. The lowest BCUT2D eigenvalue weighted by Crippen LogP contribution is -2.29. The Bertz CT molecular complexity index is 865. The summed E-state index contributed by atoms with van der Waals surface area (Å²) in [4.78, 5) is 17.3. The number of hydrogen-bond donors (Lipinski definition) is 1. The van der Waals surface area contributed by atoms with Crippen LogP contribution in [0, 0.1) is 0 Å². The number of rotatable bonds is 7. The number of halogens is 1. The summed E-state index contributed by atoms with van der Waals surface area (Å²) in [6.07, 6.45) is 2.22. The first-order valence-corrected chi connectivity index (χ1v) is 10.4. The summed E-state index contributed by atoms with van der Waals surface area (Å²) in [7, 11) is 0. The molecule has 8 heteroatoms. The van der Waals surface area contributed by atoms with E-state index in [0.717, 1.165) is 24.2 Å². The second kappa shape index (κ2) is 8.80. The third-order valence-electron chi connectivity index (χ3n) is 4.22. The lowest BCUT2D eigenvalue weighted by Gasteiger charge is -2.28. The molecule has 27 heavy (non-hydrogen) atoms. The van der Waals surface area contributed by atoms with E-state index in [4.69, 9.17) is 16.3 Å². The molecule has 0 fully saturated rings. The Labute approximate surface area is 168 Å². The fourth-order valence-electron chi connectivity index (χ4n) is 2.96. The maximum absolute atomic E-state index is 12.7. The predicted molar refractivity (Wildman–Crippen MR) is 108 cm³/mol. The lowest BCUT2D eigenvalue weighted by atomic mass is 9.96. The molecular formula is C19H23ClN4O2S. The minimum Gasteiger partial charge on any atom is -0.463 e. The first-order chi connectivity index (χ1) is 13.0. The molecule has 1 aliphatic heterocycles. The fourth-order valence-corrected chi connectivity index (χ4v) is 4.07. The van der Waals surface area contributed by atoms with Crippen LogP contribution in [0.4, 0.5) is 5.95 Å². The number of hydrogen-bond acceptors (Lipinski definition) is 6. The average Bonchev–Trinajstić information content (AvgIpc) is 3.03. The number of carbonyl (C=O) groups excluding carboxylic acids is 1. The number of ether oxygens (including phenoxy) is 1. The SMILES string of the molecule is CCCCSc1nc2n(n1)C(c1cccc(Cl)c1)C(C(=O)OCC)=C(C)N2. The second-order valence-electron chi connectivity index (χ2n) is 6.21. The lowest BCUT2D eigenvalue weighted by molar-refractivity contribution is -0.139. The van der Waals surface area contributed by atoms with Crippen molar-refractivity contribution in [2.24, 2.45) is 0 Å². The molecule has 1 aromatic carbocycles. The van der Waals surface area contributed by atoms with Gasteiger partial charge in [-0.3, -0.25) is 0 Å². The van der Waals surface area contributed by atoms with Gasteiger partial charge in [0.15, 0.2) is 0 Å². The minimum absolute atomic E-state index is 0.306. The molecule has 0 saturated heterocycles. The molecule has 144 valence electrons. The first-order valence-electron chi connectivity index (χ1n) is 9.04. The van der Waals surface area contributed by atoms with Crippen LogP contribution in [-0.4, -0.2) is 33.1 Å². The zero-order valence-corrected chi connectivity index (χ0v) is 17.2. The largest absolute Gasteiger partial charge is 0.463 e. The van der Waals surface area contributed by atoms with Crippen molar-refractivity contribution < 1.29 is 9.53 Å². The normalized spacial score (nSPS) is 16.1. The molecule has 3 rings (SSSR count). The van der Waals surface area contributed by atoms with Crippen LogP contribution in [0.25, 0.3) is 0 Å². The Morgan fingerprint density at radius 2 is 2.22 bits per heavy atom. The Kier molecular flexibility index (Phi) is 6.44. The average molecular weight is 407 g/mol. The number of carbonyl (C=O) groups is 1. The molecule has 1 N–H and O–H groups in total. The highest BCUT2D eigenvalue weighted by atomic mass is 35.5. The van der Waals surface area contributed by atoms with Crippen LogP contribution < -0.4 is 5.32 Å². The van der Waals surface area contributed by atoms with E-state index in [-0.39, 0.29) is 5.97 Å². The van der Waals surface area contributed by atoms with Gasteiger partial charge < -0.3 is 10.1 Å². The maximum Gasteiger partial charge on any atom is 0.338 e. The molecule has 0 bridgehead atoms. The van der Waals surface area contributed by atoms with Crippen molar-refractivity contribution in [3.05, 3.63) is 46.1 Å². The van der Waals surface area contributed by atoms with E-state index in [1.165, 1.54) is 0 Å². The third-order valence-corrected chi connectivity index (χ3v) is 5.38. The highest BCUT2D eigenvalue weighted by Crippen LogP contribution is 2.37. The summed E-state index contributed by atoms with van der Waals surface area (Å²) < 4.78 is 7.05. The predicted octanol–water partition coefficient (Wildman–Crippen LogP) is 4.68. The monoisotopic (exact) mass is 406 g/mol. The molecule has 1 aliphatic rings. The van der Waals surface area contributed by atoms with Gasteiger partial charge in [-0.2, -0.15) is 4.98 Å². The van der Waals surface area contributed by atoms with E-state index < -0.39 is 6.04 Å². The molecule has 0 spiro atoms. The van der Waals surface area contributed by atoms with Crippen LogP contribution in [0.15, 0.2) is 40.7 Å². The summed E-state index contributed by atoms with van der Waals surface area (Å²) in [5, 5.41) is 9.15. The maximum atomic E-state index is 12.7.